The number of nitriles is 1. The number of carbonyl (C=O) groups excluding carboxylic acids is 1. The highest BCUT2D eigenvalue weighted by atomic mass is 16.5. The fraction of sp³-hybridized carbons (Fsp3) is 0.214. The first-order valence-corrected chi connectivity index (χ1v) is 6.13. The van der Waals surface area contributed by atoms with Gasteiger partial charge in [0.2, 0.25) is 0 Å². The summed E-state index contributed by atoms with van der Waals surface area (Å²) < 4.78 is 11.6. The van der Waals surface area contributed by atoms with Crippen LogP contribution in [-0.4, -0.2) is 22.9 Å². The Morgan fingerprint density at radius 3 is 2.95 bits per heavy atom. The number of esters is 1. The van der Waals surface area contributed by atoms with Crippen LogP contribution < -0.4 is 10.5 Å². The van der Waals surface area contributed by atoms with E-state index in [1.165, 1.54) is 18.0 Å². The molecule has 0 radical (unpaired) electrons. The second kappa shape index (κ2) is 6.43. The van der Waals surface area contributed by atoms with Crippen LogP contribution in [0.1, 0.15) is 11.1 Å². The number of nitrogen functional groups attached to an aromatic ring is 1. The van der Waals surface area contributed by atoms with Crippen molar-refractivity contribution in [3.05, 3.63) is 41.7 Å². The summed E-state index contributed by atoms with van der Waals surface area (Å²) in [5.41, 5.74) is 7.09. The van der Waals surface area contributed by atoms with Gasteiger partial charge in [-0.3, -0.25) is 9.48 Å². The number of ether oxygens (including phenoxy) is 2. The maximum absolute atomic E-state index is 11.7. The minimum absolute atomic E-state index is 0.0154. The first-order chi connectivity index (χ1) is 10.1. The van der Waals surface area contributed by atoms with Crippen molar-refractivity contribution < 1.29 is 14.3 Å². The monoisotopic (exact) mass is 286 g/mol. The molecular formula is C14H14N4O3. The van der Waals surface area contributed by atoms with E-state index in [4.69, 9.17) is 20.5 Å². The lowest BCUT2D eigenvalue weighted by atomic mass is 10.1. The SMILES string of the molecule is COc1ccc(COC(=O)Cn2cc(N)cn2)cc1C#N. The minimum atomic E-state index is -0.438. The summed E-state index contributed by atoms with van der Waals surface area (Å²) in [6, 6.07) is 7.04. The Morgan fingerprint density at radius 2 is 2.33 bits per heavy atom. The predicted molar refractivity (Wildman–Crippen MR) is 74.1 cm³/mol. The Labute approximate surface area is 121 Å². The summed E-state index contributed by atoms with van der Waals surface area (Å²) in [5.74, 6) is 0.0482. The van der Waals surface area contributed by atoms with Crippen molar-refractivity contribution in [3.8, 4) is 11.8 Å². The molecule has 1 aromatic carbocycles. The van der Waals surface area contributed by atoms with Crippen LogP contribution in [0.4, 0.5) is 5.69 Å². The predicted octanol–water partition coefficient (Wildman–Crippen LogP) is 1.09. The third-order valence-corrected chi connectivity index (χ3v) is 2.73. The molecule has 0 aliphatic heterocycles. The second-order valence-corrected chi connectivity index (χ2v) is 4.28. The molecule has 0 spiro atoms. The van der Waals surface area contributed by atoms with Crippen molar-refractivity contribution in [1.29, 1.82) is 5.26 Å². The summed E-state index contributed by atoms with van der Waals surface area (Å²) in [6.45, 7) is 0.0622. The topological polar surface area (TPSA) is 103 Å². The molecule has 2 rings (SSSR count). The van der Waals surface area contributed by atoms with Crippen molar-refractivity contribution in [1.82, 2.24) is 9.78 Å². The van der Waals surface area contributed by atoms with E-state index in [0.29, 0.717) is 22.6 Å². The molecule has 0 saturated heterocycles. The highest BCUT2D eigenvalue weighted by Gasteiger charge is 2.08. The highest BCUT2D eigenvalue weighted by Crippen LogP contribution is 2.19. The van der Waals surface area contributed by atoms with Crippen molar-refractivity contribution >= 4 is 11.7 Å². The first kappa shape index (κ1) is 14.4. The summed E-state index contributed by atoms with van der Waals surface area (Å²) in [7, 11) is 1.49. The van der Waals surface area contributed by atoms with Crippen LogP contribution in [0.25, 0.3) is 0 Å². The third-order valence-electron chi connectivity index (χ3n) is 2.73. The summed E-state index contributed by atoms with van der Waals surface area (Å²) in [6.07, 6.45) is 3.00. The molecule has 0 amide bonds. The lowest BCUT2D eigenvalue weighted by molar-refractivity contribution is -0.145. The van der Waals surface area contributed by atoms with Crippen LogP contribution in [-0.2, 0) is 22.7 Å². The van der Waals surface area contributed by atoms with Crippen LogP contribution in [0.2, 0.25) is 0 Å². The van der Waals surface area contributed by atoms with E-state index in [1.807, 2.05) is 6.07 Å². The van der Waals surface area contributed by atoms with Gasteiger partial charge in [0.15, 0.2) is 0 Å². The molecule has 0 atom stereocenters. The second-order valence-electron chi connectivity index (χ2n) is 4.28. The zero-order chi connectivity index (χ0) is 15.2. The van der Waals surface area contributed by atoms with Crippen LogP contribution in [0.5, 0.6) is 5.75 Å². The molecule has 0 saturated carbocycles. The van der Waals surface area contributed by atoms with E-state index in [9.17, 15) is 4.79 Å². The highest BCUT2D eigenvalue weighted by molar-refractivity contribution is 5.69. The average molecular weight is 286 g/mol. The Kier molecular flexibility index (Phi) is 4.41. The van der Waals surface area contributed by atoms with Crippen molar-refractivity contribution in [2.45, 2.75) is 13.2 Å². The Bertz CT molecular complexity index is 688. The van der Waals surface area contributed by atoms with Gasteiger partial charge in [-0.05, 0) is 17.7 Å². The van der Waals surface area contributed by atoms with Crippen molar-refractivity contribution in [2.75, 3.05) is 12.8 Å². The molecule has 2 N–H and O–H groups in total. The number of methoxy groups -OCH3 is 1. The molecule has 108 valence electrons. The van der Waals surface area contributed by atoms with E-state index in [-0.39, 0.29) is 13.2 Å². The summed E-state index contributed by atoms with van der Waals surface area (Å²) in [4.78, 5) is 11.7. The Hall–Kier alpha value is -3.01. The molecule has 0 unspecified atom stereocenters. The number of benzene rings is 1. The van der Waals surface area contributed by atoms with Crippen LogP contribution in [0, 0.1) is 11.3 Å². The fourth-order valence-corrected chi connectivity index (χ4v) is 1.74. The van der Waals surface area contributed by atoms with Crippen molar-refractivity contribution in [3.63, 3.8) is 0 Å². The Balaban J connectivity index is 1.93. The number of hydrogen-bond acceptors (Lipinski definition) is 6. The van der Waals surface area contributed by atoms with E-state index in [2.05, 4.69) is 5.10 Å². The van der Waals surface area contributed by atoms with E-state index < -0.39 is 5.97 Å². The molecule has 7 nitrogen and oxygen atoms in total. The molecule has 1 aromatic heterocycles. The maximum Gasteiger partial charge on any atom is 0.328 e. The van der Waals surface area contributed by atoms with Gasteiger partial charge in [0.05, 0.1) is 24.6 Å². The van der Waals surface area contributed by atoms with E-state index in [0.717, 1.165) is 0 Å². The molecule has 0 bridgehead atoms. The number of hydrogen-bond donors (Lipinski definition) is 1. The zero-order valence-electron chi connectivity index (χ0n) is 11.4. The molecule has 0 aliphatic rings. The molecule has 2 aromatic rings. The van der Waals surface area contributed by atoms with Gasteiger partial charge in [0.1, 0.15) is 25.0 Å². The van der Waals surface area contributed by atoms with Crippen molar-refractivity contribution in [2.24, 2.45) is 0 Å². The van der Waals surface area contributed by atoms with Gasteiger partial charge in [0, 0.05) is 6.20 Å². The lowest BCUT2D eigenvalue weighted by Crippen LogP contribution is -2.13. The van der Waals surface area contributed by atoms with E-state index >= 15 is 0 Å². The number of carbonyl (C=O) groups is 1. The van der Waals surface area contributed by atoms with Gasteiger partial charge in [-0.1, -0.05) is 6.07 Å². The number of aromatic nitrogens is 2. The zero-order valence-corrected chi connectivity index (χ0v) is 11.4. The largest absolute Gasteiger partial charge is 0.495 e. The van der Waals surface area contributed by atoms with Gasteiger partial charge >= 0.3 is 5.97 Å². The van der Waals surface area contributed by atoms with Gasteiger partial charge in [-0.2, -0.15) is 10.4 Å². The summed E-state index contributed by atoms with van der Waals surface area (Å²) in [5, 5.41) is 12.9. The van der Waals surface area contributed by atoms with Crippen LogP contribution >= 0.6 is 0 Å². The molecule has 0 aliphatic carbocycles. The quantitative estimate of drug-likeness (QED) is 0.825. The molecule has 1 heterocycles. The van der Waals surface area contributed by atoms with Gasteiger partial charge in [-0.15, -0.1) is 0 Å². The Morgan fingerprint density at radius 1 is 1.52 bits per heavy atom. The minimum Gasteiger partial charge on any atom is -0.495 e. The van der Waals surface area contributed by atoms with Crippen LogP contribution in [0.3, 0.4) is 0 Å². The standard InChI is InChI=1S/C14H14N4O3/c1-20-13-3-2-10(4-11(13)5-15)9-21-14(19)8-18-7-12(16)6-17-18/h2-4,6-7H,8-9,16H2,1H3. The first-order valence-electron chi connectivity index (χ1n) is 6.13. The van der Waals surface area contributed by atoms with Gasteiger partial charge in [0.25, 0.3) is 0 Å². The average Bonchev–Trinajstić information content (AvgIpc) is 2.89. The number of rotatable bonds is 5. The smallest absolute Gasteiger partial charge is 0.328 e. The molecule has 7 heteroatoms. The lowest BCUT2D eigenvalue weighted by Gasteiger charge is -2.07. The maximum atomic E-state index is 11.7. The number of nitrogens with two attached hydrogens (primary N) is 1. The summed E-state index contributed by atoms with van der Waals surface area (Å²) >= 11 is 0. The molecule has 21 heavy (non-hydrogen) atoms. The number of nitrogens with zero attached hydrogens (tertiary/aromatic N) is 3. The normalized spacial score (nSPS) is 9.90. The van der Waals surface area contributed by atoms with E-state index in [1.54, 1.807) is 24.4 Å². The van der Waals surface area contributed by atoms with Crippen LogP contribution in [0.15, 0.2) is 30.6 Å². The third kappa shape index (κ3) is 3.73. The molecular weight excluding hydrogens is 272 g/mol. The van der Waals surface area contributed by atoms with Gasteiger partial charge < -0.3 is 15.2 Å². The number of anilines is 1. The fourth-order valence-electron chi connectivity index (χ4n) is 1.74. The molecule has 0 fully saturated rings. The van der Waals surface area contributed by atoms with Gasteiger partial charge in [-0.25, -0.2) is 0 Å².